The van der Waals surface area contributed by atoms with Gasteiger partial charge < -0.3 is 5.11 Å². The first kappa shape index (κ1) is 25.7. The Kier molecular flexibility index (Phi) is 11.7. The van der Waals surface area contributed by atoms with Gasteiger partial charge in [-0.15, -0.1) is 10.2 Å². The Hall–Kier alpha value is -1.92. The first-order chi connectivity index (χ1) is 16.3. The Morgan fingerprint density at radius 3 is 2.58 bits per heavy atom. The molecule has 2 aromatic rings. The Bertz CT molecular complexity index is 862. The summed E-state index contributed by atoms with van der Waals surface area (Å²) < 4.78 is 1.94. The van der Waals surface area contributed by atoms with Crippen LogP contribution >= 0.6 is 11.8 Å². The molecule has 0 saturated heterocycles. The van der Waals surface area contributed by atoms with Gasteiger partial charge in [-0.3, -0.25) is 0 Å². The van der Waals surface area contributed by atoms with Crippen molar-refractivity contribution in [3.05, 3.63) is 53.9 Å². The number of aromatic nitrogens is 3. The van der Waals surface area contributed by atoms with Crippen molar-refractivity contribution in [2.45, 2.75) is 102 Å². The second-order valence-corrected chi connectivity index (χ2v) is 9.86. The topological polar surface area (TPSA) is 63.3 Å². The summed E-state index contributed by atoms with van der Waals surface area (Å²) in [6, 6.07) is 10.4. The standard InChI is InChI=1S/C27H40N4OS/c1-2-3-4-5-6-8-14-19-24(32)20-15-9-7-10-16-21-26-28-29-27-31(26)30-25(22-33-27)23-17-12-11-13-18-23/h6,8,11-13,17-18,24,32H,2-5,7,9-10,14-16,19-22H2,1H3/b8-6-. The molecule has 1 N–H and O–H groups in total. The molecule has 1 unspecified atom stereocenters. The molecule has 2 heterocycles. The highest BCUT2D eigenvalue weighted by molar-refractivity contribution is 7.99. The average Bonchev–Trinajstić information content (AvgIpc) is 3.25. The van der Waals surface area contributed by atoms with E-state index in [4.69, 9.17) is 5.10 Å². The summed E-state index contributed by atoms with van der Waals surface area (Å²) in [6.45, 7) is 2.24. The first-order valence-corrected chi connectivity index (χ1v) is 13.8. The van der Waals surface area contributed by atoms with Crippen molar-refractivity contribution in [3.63, 3.8) is 0 Å². The van der Waals surface area contributed by atoms with Crippen molar-refractivity contribution in [2.24, 2.45) is 5.10 Å². The van der Waals surface area contributed by atoms with Gasteiger partial charge in [-0.05, 0) is 44.1 Å². The fraction of sp³-hybridized carbons (Fsp3) is 0.593. The maximum atomic E-state index is 10.2. The number of fused-ring (bicyclic) bond motifs is 1. The van der Waals surface area contributed by atoms with Gasteiger partial charge in [0.15, 0.2) is 5.82 Å². The number of aliphatic hydroxyl groups excluding tert-OH is 1. The zero-order valence-corrected chi connectivity index (χ0v) is 21.0. The van der Waals surface area contributed by atoms with Crippen LogP contribution in [0.4, 0.5) is 0 Å². The number of nitrogens with zero attached hydrogens (tertiary/aromatic N) is 4. The van der Waals surface area contributed by atoms with E-state index in [-0.39, 0.29) is 6.10 Å². The third-order valence-corrected chi connectivity index (χ3v) is 7.02. The summed E-state index contributed by atoms with van der Waals surface area (Å²) in [5.41, 5.74) is 2.25. The van der Waals surface area contributed by atoms with Gasteiger partial charge in [-0.2, -0.15) is 9.78 Å². The number of unbranched alkanes of at least 4 members (excludes halogenated alkanes) is 7. The lowest BCUT2D eigenvalue weighted by Gasteiger charge is -2.13. The number of hydrogen-bond acceptors (Lipinski definition) is 5. The minimum atomic E-state index is -0.151. The monoisotopic (exact) mass is 468 g/mol. The lowest BCUT2D eigenvalue weighted by atomic mass is 10.0. The van der Waals surface area contributed by atoms with E-state index >= 15 is 0 Å². The van der Waals surface area contributed by atoms with Crippen LogP contribution < -0.4 is 0 Å². The predicted molar refractivity (Wildman–Crippen MR) is 139 cm³/mol. The average molecular weight is 469 g/mol. The van der Waals surface area contributed by atoms with Crippen LogP contribution in [0.1, 0.15) is 95.4 Å². The molecule has 33 heavy (non-hydrogen) atoms. The molecular weight excluding hydrogens is 428 g/mol. The maximum absolute atomic E-state index is 10.2. The third kappa shape index (κ3) is 9.09. The van der Waals surface area contributed by atoms with Gasteiger partial charge in [-0.25, -0.2) is 0 Å². The smallest absolute Gasteiger partial charge is 0.212 e. The third-order valence-electron chi connectivity index (χ3n) is 6.09. The highest BCUT2D eigenvalue weighted by atomic mass is 32.2. The van der Waals surface area contributed by atoms with Crippen molar-refractivity contribution in [2.75, 3.05) is 5.75 Å². The van der Waals surface area contributed by atoms with Crippen molar-refractivity contribution < 1.29 is 5.11 Å². The lowest BCUT2D eigenvalue weighted by molar-refractivity contribution is 0.152. The van der Waals surface area contributed by atoms with Crippen molar-refractivity contribution >= 4 is 17.5 Å². The Morgan fingerprint density at radius 2 is 1.73 bits per heavy atom. The lowest BCUT2D eigenvalue weighted by Crippen LogP contribution is -2.14. The highest BCUT2D eigenvalue weighted by Gasteiger charge is 2.19. The minimum Gasteiger partial charge on any atom is -0.393 e. The van der Waals surface area contributed by atoms with E-state index < -0.39 is 0 Å². The molecule has 180 valence electrons. The summed E-state index contributed by atoms with van der Waals surface area (Å²) in [5, 5.41) is 24.6. The van der Waals surface area contributed by atoms with Crippen LogP contribution in [0.5, 0.6) is 0 Å². The predicted octanol–water partition coefficient (Wildman–Crippen LogP) is 6.80. The van der Waals surface area contributed by atoms with Gasteiger partial charge in [-0.1, -0.05) is 99.7 Å². The number of aryl methyl sites for hydroxylation is 1. The van der Waals surface area contributed by atoms with Crippen molar-refractivity contribution in [1.82, 2.24) is 14.9 Å². The van der Waals surface area contributed by atoms with Crippen LogP contribution in [0.3, 0.4) is 0 Å². The molecule has 1 aliphatic heterocycles. The van der Waals surface area contributed by atoms with Crippen LogP contribution in [-0.2, 0) is 6.42 Å². The number of benzene rings is 1. The van der Waals surface area contributed by atoms with E-state index in [0.29, 0.717) is 0 Å². The molecule has 1 aromatic heterocycles. The van der Waals surface area contributed by atoms with Crippen molar-refractivity contribution in [3.8, 4) is 0 Å². The zero-order chi connectivity index (χ0) is 23.1. The minimum absolute atomic E-state index is 0.151. The molecule has 0 saturated carbocycles. The summed E-state index contributed by atoms with van der Waals surface area (Å²) in [6.07, 6.45) is 19.0. The van der Waals surface area contributed by atoms with Crippen LogP contribution in [-0.4, -0.2) is 37.5 Å². The zero-order valence-electron chi connectivity index (χ0n) is 20.2. The number of thioether (sulfide) groups is 1. The molecule has 0 fully saturated rings. The molecule has 0 radical (unpaired) electrons. The molecule has 6 heteroatoms. The molecule has 0 amide bonds. The highest BCUT2D eigenvalue weighted by Crippen LogP contribution is 2.24. The summed E-state index contributed by atoms with van der Waals surface area (Å²) >= 11 is 1.71. The maximum Gasteiger partial charge on any atom is 0.212 e. The summed E-state index contributed by atoms with van der Waals surface area (Å²) in [7, 11) is 0. The molecule has 0 bridgehead atoms. The second kappa shape index (κ2) is 15.1. The molecule has 5 nitrogen and oxygen atoms in total. The van der Waals surface area contributed by atoms with Gasteiger partial charge in [0.05, 0.1) is 11.8 Å². The molecule has 1 aliphatic rings. The van der Waals surface area contributed by atoms with E-state index in [1.807, 2.05) is 10.7 Å². The van der Waals surface area contributed by atoms with Crippen LogP contribution in [0.25, 0.3) is 0 Å². The molecule has 3 rings (SSSR count). The Labute approximate surface area is 203 Å². The number of hydrogen-bond donors (Lipinski definition) is 1. The van der Waals surface area contributed by atoms with E-state index in [2.05, 4.69) is 53.5 Å². The summed E-state index contributed by atoms with van der Waals surface area (Å²) in [4.78, 5) is 0. The van der Waals surface area contributed by atoms with Crippen LogP contribution in [0.15, 0.2) is 52.7 Å². The number of rotatable bonds is 16. The Balaban J connectivity index is 1.27. The van der Waals surface area contributed by atoms with Gasteiger partial charge in [0.2, 0.25) is 5.16 Å². The second-order valence-electron chi connectivity index (χ2n) is 8.92. The van der Waals surface area contributed by atoms with Gasteiger partial charge in [0.1, 0.15) is 0 Å². The van der Waals surface area contributed by atoms with E-state index in [1.54, 1.807) is 11.8 Å². The number of aliphatic hydroxyl groups is 1. The molecular formula is C27H40N4OS. The van der Waals surface area contributed by atoms with Gasteiger partial charge in [0.25, 0.3) is 0 Å². The van der Waals surface area contributed by atoms with Gasteiger partial charge in [0, 0.05) is 12.2 Å². The van der Waals surface area contributed by atoms with E-state index in [1.165, 1.54) is 50.5 Å². The summed E-state index contributed by atoms with van der Waals surface area (Å²) in [5.74, 6) is 1.80. The van der Waals surface area contributed by atoms with Crippen LogP contribution in [0, 0.1) is 0 Å². The normalized spacial score (nSPS) is 14.4. The SMILES string of the molecule is CCCCC/C=C\CCC(O)CCCCCCCc1nnc2n1N=C(c1ccccc1)CS2. The molecule has 0 aliphatic carbocycles. The van der Waals surface area contributed by atoms with Crippen molar-refractivity contribution in [1.29, 1.82) is 0 Å². The number of allylic oxidation sites excluding steroid dienone is 2. The largest absolute Gasteiger partial charge is 0.393 e. The van der Waals surface area contributed by atoms with Crippen LogP contribution in [0.2, 0.25) is 0 Å². The molecule has 1 atom stereocenters. The fourth-order valence-corrected chi connectivity index (χ4v) is 4.93. The quantitative estimate of drug-likeness (QED) is 0.217. The Morgan fingerprint density at radius 1 is 0.939 bits per heavy atom. The van der Waals surface area contributed by atoms with Gasteiger partial charge >= 0.3 is 0 Å². The van der Waals surface area contributed by atoms with E-state index in [0.717, 1.165) is 61.0 Å². The molecule has 1 aromatic carbocycles. The fourth-order valence-electron chi connectivity index (χ4n) is 4.07. The molecule has 0 spiro atoms. The van der Waals surface area contributed by atoms with E-state index in [9.17, 15) is 5.11 Å². The first-order valence-electron chi connectivity index (χ1n) is 12.8.